The van der Waals surface area contributed by atoms with Crippen molar-refractivity contribution in [1.82, 2.24) is 0 Å². The highest BCUT2D eigenvalue weighted by molar-refractivity contribution is 8.04. The molecule has 0 spiro atoms. The number of halogens is 2. The number of nitrogens with zero attached hydrogens (tertiary/aromatic N) is 1. The van der Waals surface area contributed by atoms with E-state index in [-0.39, 0.29) is 11.8 Å². The molecule has 3 nitrogen and oxygen atoms in total. The van der Waals surface area contributed by atoms with Gasteiger partial charge in [-0.3, -0.25) is 9.59 Å². The van der Waals surface area contributed by atoms with Crippen molar-refractivity contribution in [2.75, 3.05) is 10.7 Å². The summed E-state index contributed by atoms with van der Waals surface area (Å²) in [6.45, 7) is 3.99. The number of imide groups is 1. The maximum Gasteiger partial charge on any atom is 0.272 e. The summed E-state index contributed by atoms with van der Waals surface area (Å²) >= 11 is 13.6. The molecule has 0 fully saturated rings. The highest BCUT2D eigenvalue weighted by atomic mass is 35.5. The first-order valence-electron chi connectivity index (χ1n) is 8.28. The van der Waals surface area contributed by atoms with Crippen molar-refractivity contribution < 1.29 is 9.59 Å². The summed E-state index contributed by atoms with van der Waals surface area (Å²) in [5, 5.41) is 0.832. The van der Waals surface area contributed by atoms with E-state index >= 15 is 0 Å². The predicted octanol–water partition coefficient (Wildman–Crippen LogP) is 5.59. The maximum atomic E-state index is 13.1. The fourth-order valence-electron chi connectivity index (χ4n) is 2.83. The van der Waals surface area contributed by atoms with Gasteiger partial charge in [0.1, 0.15) is 0 Å². The second-order valence-corrected chi connectivity index (χ2v) is 7.84. The molecule has 1 aliphatic rings. The molecule has 2 aromatic rings. The molecule has 1 heterocycles. The summed E-state index contributed by atoms with van der Waals surface area (Å²) in [5.41, 5.74) is 2.57. The number of amides is 2. The third kappa shape index (κ3) is 3.41. The molecule has 6 heteroatoms. The summed E-state index contributed by atoms with van der Waals surface area (Å²) in [5.74, 6) is -0.00221. The van der Waals surface area contributed by atoms with Crippen LogP contribution in [0, 0.1) is 0 Å². The monoisotopic (exact) mass is 405 g/mol. The Morgan fingerprint density at radius 1 is 0.962 bits per heavy atom. The lowest BCUT2D eigenvalue weighted by atomic mass is 10.1. The van der Waals surface area contributed by atoms with Gasteiger partial charge in [0.05, 0.1) is 21.2 Å². The third-order valence-corrected chi connectivity index (χ3v) is 5.64. The first-order chi connectivity index (χ1) is 12.5. The Morgan fingerprint density at radius 2 is 1.65 bits per heavy atom. The van der Waals surface area contributed by atoms with Crippen LogP contribution in [0.4, 0.5) is 5.69 Å². The third-order valence-electron chi connectivity index (χ3n) is 4.13. The van der Waals surface area contributed by atoms with Gasteiger partial charge in [0.25, 0.3) is 11.8 Å². The van der Waals surface area contributed by atoms with Crippen LogP contribution in [0.2, 0.25) is 10.0 Å². The Kier molecular flexibility index (Phi) is 5.76. The molecule has 0 saturated heterocycles. The standard InChI is InChI=1S/C20H17Cl2NO2S/c1-3-12-5-8-14(9-6-12)23-19(24)17(18(20(23)25)26-4-2)15-10-7-13(21)11-16(15)22/h5-11H,3-4H2,1-2H3. The van der Waals surface area contributed by atoms with E-state index < -0.39 is 0 Å². The maximum absolute atomic E-state index is 13.1. The average molecular weight is 406 g/mol. The van der Waals surface area contributed by atoms with Crippen molar-refractivity contribution in [3.8, 4) is 0 Å². The fourth-order valence-corrected chi connectivity index (χ4v) is 4.18. The Labute approximate surface area is 167 Å². The van der Waals surface area contributed by atoms with Crippen LogP contribution in [0.1, 0.15) is 25.0 Å². The number of carbonyl (C=O) groups excluding carboxylic acids is 2. The number of benzene rings is 2. The lowest BCUT2D eigenvalue weighted by Gasteiger charge is -2.15. The zero-order valence-electron chi connectivity index (χ0n) is 14.4. The van der Waals surface area contributed by atoms with Gasteiger partial charge in [-0.1, -0.05) is 55.2 Å². The summed E-state index contributed by atoms with van der Waals surface area (Å²) in [6, 6.07) is 12.4. The highest BCUT2D eigenvalue weighted by Gasteiger charge is 2.40. The van der Waals surface area contributed by atoms with E-state index in [1.807, 2.05) is 19.1 Å². The van der Waals surface area contributed by atoms with Gasteiger partial charge in [-0.2, -0.15) is 0 Å². The summed E-state index contributed by atoms with van der Waals surface area (Å²) in [7, 11) is 0. The van der Waals surface area contributed by atoms with Crippen molar-refractivity contribution in [2.24, 2.45) is 0 Å². The lowest BCUT2D eigenvalue weighted by molar-refractivity contribution is -0.119. The lowest BCUT2D eigenvalue weighted by Crippen LogP contribution is -2.31. The molecule has 0 saturated carbocycles. The molecule has 0 radical (unpaired) electrons. The first-order valence-corrected chi connectivity index (χ1v) is 10.0. The van der Waals surface area contributed by atoms with Gasteiger partial charge in [0.2, 0.25) is 0 Å². The smallest absolute Gasteiger partial charge is 0.268 e. The number of hydrogen-bond acceptors (Lipinski definition) is 3. The Bertz CT molecular complexity index is 907. The summed E-state index contributed by atoms with van der Waals surface area (Å²) in [4.78, 5) is 27.8. The second-order valence-electron chi connectivity index (χ2n) is 5.73. The van der Waals surface area contributed by atoms with Crippen LogP contribution in [0.25, 0.3) is 5.57 Å². The topological polar surface area (TPSA) is 37.4 Å². The van der Waals surface area contributed by atoms with Crippen molar-refractivity contribution in [3.05, 3.63) is 68.5 Å². The minimum Gasteiger partial charge on any atom is -0.268 e. The van der Waals surface area contributed by atoms with Gasteiger partial charge in [-0.15, -0.1) is 11.8 Å². The fraction of sp³-hybridized carbons (Fsp3) is 0.200. The van der Waals surface area contributed by atoms with Gasteiger partial charge >= 0.3 is 0 Å². The molecule has 3 rings (SSSR count). The van der Waals surface area contributed by atoms with Crippen LogP contribution < -0.4 is 4.90 Å². The molecule has 0 N–H and O–H groups in total. The van der Waals surface area contributed by atoms with Gasteiger partial charge in [0, 0.05) is 10.6 Å². The molecule has 0 aromatic heterocycles. The minimum atomic E-state index is -0.362. The summed E-state index contributed by atoms with van der Waals surface area (Å²) in [6.07, 6.45) is 0.892. The molecule has 0 unspecified atom stereocenters. The van der Waals surface area contributed by atoms with E-state index in [4.69, 9.17) is 23.2 Å². The van der Waals surface area contributed by atoms with Crippen LogP contribution in [-0.2, 0) is 16.0 Å². The molecular formula is C20H17Cl2NO2S. The largest absolute Gasteiger partial charge is 0.272 e. The minimum absolute atomic E-state index is 0.313. The molecule has 0 bridgehead atoms. The van der Waals surface area contributed by atoms with Gasteiger partial charge in [-0.05, 0) is 42.0 Å². The van der Waals surface area contributed by atoms with E-state index in [0.717, 1.165) is 12.0 Å². The van der Waals surface area contributed by atoms with Crippen LogP contribution in [0.15, 0.2) is 47.4 Å². The Balaban J connectivity index is 2.09. The molecule has 0 aliphatic carbocycles. The van der Waals surface area contributed by atoms with Crippen LogP contribution in [-0.4, -0.2) is 17.6 Å². The number of rotatable bonds is 5. The van der Waals surface area contributed by atoms with E-state index in [9.17, 15) is 9.59 Å². The average Bonchev–Trinajstić information content (AvgIpc) is 2.86. The van der Waals surface area contributed by atoms with E-state index in [0.29, 0.717) is 37.5 Å². The number of thioether (sulfide) groups is 1. The molecule has 26 heavy (non-hydrogen) atoms. The van der Waals surface area contributed by atoms with Crippen LogP contribution >= 0.6 is 35.0 Å². The Hall–Kier alpha value is -1.75. The molecule has 2 amide bonds. The molecule has 134 valence electrons. The summed E-state index contributed by atoms with van der Waals surface area (Å²) < 4.78 is 0. The van der Waals surface area contributed by atoms with Crippen LogP contribution in [0.5, 0.6) is 0 Å². The molecule has 2 aromatic carbocycles. The first kappa shape index (κ1) is 19.0. The molecule has 0 atom stereocenters. The highest BCUT2D eigenvalue weighted by Crippen LogP contribution is 2.40. The SMILES string of the molecule is CCSC1=C(c2ccc(Cl)cc2Cl)C(=O)N(c2ccc(CC)cc2)C1=O. The van der Waals surface area contributed by atoms with Crippen molar-refractivity contribution >= 4 is 58.0 Å². The molecular weight excluding hydrogens is 389 g/mol. The predicted molar refractivity (Wildman–Crippen MR) is 110 cm³/mol. The van der Waals surface area contributed by atoms with Crippen molar-refractivity contribution in [3.63, 3.8) is 0 Å². The number of hydrogen-bond donors (Lipinski definition) is 0. The van der Waals surface area contributed by atoms with Crippen LogP contribution in [0.3, 0.4) is 0 Å². The number of carbonyl (C=O) groups is 2. The van der Waals surface area contributed by atoms with E-state index in [1.165, 1.54) is 16.7 Å². The number of anilines is 1. The quantitative estimate of drug-likeness (QED) is 0.607. The van der Waals surface area contributed by atoms with Crippen molar-refractivity contribution in [2.45, 2.75) is 20.3 Å². The molecule has 1 aliphatic heterocycles. The van der Waals surface area contributed by atoms with E-state index in [1.54, 1.807) is 30.3 Å². The van der Waals surface area contributed by atoms with E-state index in [2.05, 4.69) is 6.92 Å². The number of aryl methyl sites for hydroxylation is 1. The zero-order chi connectivity index (χ0) is 18.8. The normalized spacial score (nSPS) is 14.5. The second kappa shape index (κ2) is 7.87. The zero-order valence-corrected chi connectivity index (χ0v) is 16.7. The van der Waals surface area contributed by atoms with Gasteiger partial charge in [-0.25, -0.2) is 4.90 Å². The van der Waals surface area contributed by atoms with Gasteiger partial charge < -0.3 is 0 Å². The van der Waals surface area contributed by atoms with Crippen molar-refractivity contribution in [1.29, 1.82) is 0 Å². The van der Waals surface area contributed by atoms with Gasteiger partial charge in [0.15, 0.2) is 0 Å². The Morgan fingerprint density at radius 3 is 2.23 bits per heavy atom.